The molecule has 1 aliphatic heterocycles. The predicted molar refractivity (Wildman–Crippen MR) is 114 cm³/mol. The van der Waals surface area contributed by atoms with Crippen LogP contribution in [0.4, 0.5) is 5.69 Å². The van der Waals surface area contributed by atoms with Crippen molar-refractivity contribution in [1.82, 2.24) is 9.88 Å². The van der Waals surface area contributed by atoms with Crippen molar-refractivity contribution in [1.29, 1.82) is 0 Å². The van der Waals surface area contributed by atoms with Gasteiger partial charge >= 0.3 is 0 Å². The number of methoxy groups -OCH3 is 1. The second-order valence-corrected chi connectivity index (χ2v) is 8.49. The molecule has 2 amide bonds. The van der Waals surface area contributed by atoms with Crippen LogP contribution in [0.25, 0.3) is 0 Å². The van der Waals surface area contributed by atoms with Crippen molar-refractivity contribution in [3.05, 3.63) is 51.8 Å². The summed E-state index contributed by atoms with van der Waals surface area (Å²) in [4.78, 5) is 31.7. The van der Waals surface area contributed by atoms with Crippen molar-refractivity contribution < 1.29 is 14.3 Å². The number of aromatic nitrogens is 1. The number of halogens is 1. The number of hydrogen-bond donors (Lipinski definition) is 1. The Morgan fingerprint density at radius 2 is 2.00 bits per heavy atom. The van der Waals surface area contributed by atoms with Crippen molar-refractivity contribution in [3.63, 3.8) is 0 Å². The highest BCUT2D eigenvalue weighted by Gasteiger charge is 2.37. The molecule has 152 valence electrons. The van der Waals surface area contributed by atoms with Gasteiger partial charge in [0.15, 0.2) is 0 Å². The first-order valence-electron chi connectivity index (χ1n) is 9.87. The first-order chi connectivity index (χ1) is 14.0. The third-order valence-corrected chi connectivity index (χ3v) is 6.69. The molecule has 1 saturated carbocycles. The summed E-state index contributed by atoms with van der Waals surface area (Å²) in [5.74, 6) is 0.839. The summed E-state index contributed by atoms with van der Waals surface area (Å²) in [5, 5.41) is 3.01. The number of fused-ring (bicyclic) bond motifs is 1. The number of nitrogens with one attached hydrogen (secondary N) is 1. The first-order valence-corrected chi connectivity index (χ1v) is 10.7. The number of benzene rings is 1. The van der Waals surface area contributed by atoms with Crippen LogP contribution in [0, 0.1) is 12.8 Å². The molecule has 29 heavy (non-hydrogen) atoms. The fourth-order valence-corrected chi connectivity index (χ4v) is 4.76. The third-order valence-electron chi connectivity index (χ3n) is 6.01. The molecule has 0 bridgehead atoms. The average molecular weight is 458 g/mol. The van der Waals surface area contributed by atoms with E-state index in [1.54, 1.807) is 19.4 Å². The highest BCUT2D eigenvalue weighted by atomic mass is 79.9. The van der Waals surface area contributed by atoms with E-state index in [0.717, 1.165) is 58.4 Å². The van der Waals surface area contributed by atoms with E-state index >= 15 is 0 Å². The van der Waals surface area contributed by atoms with Crippen LogP contribution in [0.15, 0.2) is 35.1 Å². The highest BCUT2D eigenvalue weighted by molar-refractivity contribution is 9.10. The lowest BCUT2D eigenvalue weighted by Crippen LogP contribution is -2.40. The van der Waals surface area contributed by atoms with Crippen molar-refractivity contribution in [3.8, 4) is 5.75 Å². The van der Waals surface area contributed by atoms with Crippen LogP contribution in [0.1, 0.15) is 47.2 Å². The number of pyridine rings is 1. The molecule has 1 aromatic heterocycles. The maximum absolute atomic E-state index is 12.8. The van der Waals surface area contributed by atoms with Crippen LogP contribution >= 0.6 is 15.9 Å². The Labute approximate surface area is 178 Å². The van der Waals surface area contributed by atoms with Crippen LogP contribution in [0.5, 0.6) is 5.75 Å². The van der Waals surface area contributed by atoms with Gasteiger partial charge in [0, 0.05) is 47.6 Å². The van der Waals surface area contributed by atoms with Gasteiger partial charge in [-0.3, -0.25) is 9.59 Å². The van der Waals surface area contributed by atoms with Gasteiger partial charge in [-0.25, -0.2) is 4.98 Å². The highest BCUT2D eigenvalue weighted by Crippen LogP contribution is 2.35. The predicted octanol–water partition coefficient (Wildman–Crippen LogP) is 4.31. The number of rotatable bonds is 4. The summed E-state index contributed by atoms with van der Waals surface area (Å²) >= 11 is 3.45. The van der Waals surface area contributed by atoms with Crippen LogP contribution in [-0.2, 0) is 11.3 Å². The molecule has 7 heteroatoms. The van der Waals surface area contributed by atoms with E-state index < -0.39 is 0 Å². The van der Waals surface area contributed by atoms with Gasteiger partial charge in [0.2, 0.25) is 5.91 Å². The molecule has 0 unspecified atom stereocenters. The maximum Gasteiger partial charge on any atom is 0.254 e. The topological polar surface area (TPSA) is 71.5 Å². The molecule has 0 saturated heterocycles. The average Bonchev–Trinajstić information content (AvgIpc) is 3.07. The Morgan fingerprint density at radius 1 is 1.24 bits per heavy atom. The normalized spacial score (nSPS) is 21.1. The van der Waals surface area contributed by atoms with Gasteiger partial charge < -0.3 is 15.0 Å². The fraction of sp³-hybridized carbons (Fsp3) is 0.409. The monoisotopic (exact) mass is 457 g/mol. The van der Waals surface area contributed by atoms with E-state index in [1.165, 1.54) is 0 Å². The Hall–Kier alpha value is -2.41. The molecule has 0 atom stereocenters. The van der Waals surface area contributed by atoms with Crippen LogP contribution in [0.2, 0.25) is 0 Å². The SMILES string of the molecule is COc1cc(NC(=O)C2CCC(N3Cc4c(ccnc4Br)C3=O)CC2)ccc1C. The molecule has 4 rings (SSSR count). The number of amides is 2. The molecule has 1 N–H and O–H groups in total. The second-order valence-electron chi connectivity index (χ2n) is 7.74. The molecule has 6 nitrogen and oxygen atoms in total. The summed E-state index contributed by atoms with van der Waals surface area (Å²) in [6.07, 6.45) is 4.88. The van der Waals surface area contributed by atoms with Crippen LogP contribution < -0.4 is 10.1 Å². The molecule has 2 aliphatic rings. The molecule has 2 heterocycles. The Balaban J connectivity index is 1.36. The van der Waals surface area contributed by atoms with Crippen LogP contribution in [0.3, 0.4) is 0 Å². The van der Waals surface area contributed by atoms with Gasteiger partial charge in [0.1, 0.15) is 10.4 Å². The third kappa shape index (κ3) is 3.88. The molecular formula is C22H24BrN3O3. The van der Waals surface area contributed by atoms with Gasteiger partial charge in [0.05, 0.1) is 7.11 Å². The Bertz CT molecular complexity index is 954. The van der Waals surface area contributed by atoms with Gasteiger partial charge in [-0.15, -0.1) is 0 Å². The van der Waals surface area contributed by atoms with Crippen molar-refractivity contribution in [2.45, 2.75) is 45.2 Å². The summed E-state index contributed by atoms with van der Waals surface area (Å²) in [7, 11) is 1.63. The zero-order valence-electron chi connectivity index (χ0n) is 16.6. The number of hydrogen-bond acceptors (Lipinski definition) is 4. The molecule has 2 aromatic rings. The molecule has 1 aliphatic carbocycles. The van der Waals surface area contributed by atoms with Gasteiger partial charge in [-0.05, 0) is 66.2 Å². The molecule has 1 fully saturated rings. The van der Waals surface area contributed by atoms with E-state index in [2.05, 4.69) is 26.2 Å². The molecule has 1 aromatic carbocycles. The maximum atomic E-state index is 12.8. The number of carbonyl (C=O) groups is 2. The van der Waals surface area contributed by atoms with E-state index in [4.69, 9.17) is 4.74 Å². The van der Waals surface area contributed by atoms with Gasteiger partial charge in [-0.2, -0.15) is 0 Å². The minimum atomic E-state index is -0.0352. The number of anilines is 1. The number of carbonyl (C=O) groups excluding carboxylic acids is 2. The van der Waals surface area contributed by atoms with Crippen molar-refractivity contribution in [2.75, 3.05) is 12.4 Å². The Kier molecular flexibility index (Phi) is 5.58. The standard InChI is InChI=1S/C22H24BrN3O3/c1-13-3-6-15(11-19(13)29-2)25-21(27)14-4-7-16(8-5-14)26-12-18-17(22(26)28)9-10-24-20(18)23/h3,6,9-11,14,16H,4-5,7-8,12H2,1-2H3,(H,25,27). The van der Waals surface area contributed by atoms with Gasteiger partial charge in [0.25, 0.3) is 5.91 Å². The first kappa shape index (κ1) is 19.9. The summed E-state index contributed by atoms with van der Waals surface area (Å²) < 4.78 is 6.08. The van der Waals surface area contributed by atoms with E-state index in [-0.39, 0.29) is 23.8 Å². The molecule has 0 radical (unpaired) electrons. The molecule has 0 spiro atoms. The van der Waals surface area contributed by atoms with E-state index in [9.17, 15) is 9.59 Å². The zero-order valence-corrected chi connectivity index (χ0v) is 18.2. The second kappa shape index (κ2) is 8.14. The summed E-state index contributed by atoms with van der Waals surface area (Å²) in [6, 6.07) is 7.65. The zero-order chi connectivity index (χ0) is 20.5. The molecular weight excluding hydrogens is 434 g/mol. The minimum absolute atomic E-state index is 0.0352. The largest absolute Gasteiger partial charge is 0.496 e. The summed E-state index contributed by atoms with van der Waals surface area (Å²) in [5.41, 5.74) is 3.48. The van der Waals surface area contributed by atoms with Crippen molar-refractivity contribution in [2.24, 2.45) is 5.92 Å². The number of nitrogens with zero attached hydrogens (tertiary/aromatic N) is 2. The minimum Gasteiger partial charge on any atom is -0.496 e. The lowest BCUT2D eigenvalue weighted by atomic mass is 9.84. The quantitative estimate of drug-likeness (QED) is 0.694. The number of ether oxygens (including phenoxy) is 1. The van der Waals surface area contributed by atoms with Gasteiger partial charge in [-0.1, -0.05) is 6.07 Å². The lowest BCUT2D eigenvalue weighted by molar-refractivity contribution is -0.121. The van der Waals surface area contributed by atoms with E-state index in [1.807, 2.05) is 30.0 Å². The summed E-state index contributed by atoms with van der Waals surface area (Å²) in [6.45, 7) is 2.56. The van der Waals surface area contributed by atoms with Crippen molar-refractivity contribution >= 4 is 33.4 Å². The number of aryl methyl sites for hydroxylation is 1. The lowest BCUT2D eigenvalue weighted by Gasteiger charge is -2.34. The fourth-order valence-electron chi connectivity index (χ4n) is 4.30. The van der Waals surface area contributed by atoms with E-state index in [0.29, 0.717) is 6.54 Å². The van der Waals surface area contributed by atoms with Crippen LogP contribution in [-0.4, -0.2) is 34.8 Å². The smallest absolute Gasteiger partial charge is 0.254 e. The Morgan fingerprint density at radius 3 is 2.69 bits per heavy atom.